The molecule has 0 spiro atoms. The SMILES string of the molecule is CC(C)(C)OC(=O)N1CCC(=Cc2nc(-c3cccs3)no2)CC1. The molecule has 0 unspecified atom stereocenters. The van der Waals surface area contributed by atoms with Gasteiger partial charge in [0.25, 0.3) is 5.89 Å². The molecule has 1 aliphatic rings. The molecule has 128 valence electrons. The summed E-state index contributed by atoms with van der Waals surface area (Å²) in [6.07, 6.45) is 3.25. The molecule has 7 heteroatoms. The van der Waals surface area contributed by atoms with Gasteiger partial charge in [0.15, 0.2) is 0 Å². The molecule has 0 saturated carbocycles. The van der Waals surface area contributed by atoms with Crippen LogP contribution in [0.1, 0.15) is 39.5 Å². The number of hydrogen-bond donors (Lipinski definition) is 0. The van der Waals surface area contributed by atoms with Crippen LogP contribution in [0.4, 0.5) is 4.79 Å². The molecule has 6 nitrogen and oxygen atoms in total. The average molecular weight is 347 g/mol. The van der Waals surface area contributed by atoms with Crippen LogP contribution in [0.25, 0.3) is 16.8 Å². The number of rotatable bonds is 2. The maximum atomic E-state index is 12.1. The first-order valence-electron chi connectivity index (χ1n) is 7.96. The number of amides is 1. The van der Waals surface area contributed by atoms with Crippen LogP contribution in [0, 0.1) is 0 Å². The normalized spacial score (nSPS) is 15.5. The molecular formula is C17H21N3O3S. The number of likely N-dealkylation sites (tertiary alicyclic amines) is 1. The smallest absolute Gasteiger partial charge is 0.410 e. The van der Waals surface area contributed by atoms with Gasteiger partial charge in [-0.3, -0.25) is 0 Å². The van der Waals surface area contributed by atoms with Gasteiger partial charge in [-0.2, -0.15) is 4.98 Å². The summed E-state index contributed by atoms with van der Waals surface area (Å²) in [5.74, 6) is 1.13. The Morgan fingerprint density at radius 2 is 2.12 bits per heavy atom. The third kappa shape index (κ3) is 4.23. The molecule has 1 fully saturated rings. The van der Waals surface area contributed by atoms with Gasteiger partial charge < -0.3 is 14.2 Å². The van der Waals surface area contributed by atoms with E-state index in [1.54, 1.807) is 16.2 Å². The summed E-state index contributed by atoms with van der Waals surface area (Å²) in [6, 6.07) is 3.92. The highest BCUT2D eigenvalue weighted by molar-refractivity contribution is 7.13. The van der Waals surface area contributed by atoms with Crippen LogP contribution in [0.5, 0.6) is 0 Å². The van der Waals surface area contributed by atoms with Crippen LogP contribution in [0.15, 0.2) is 27.6 Å². The van der Waals surface area contributed by atoms with Crippen LogP contribution < -0.4 is 0 Å². The van der Waals surface area contributed by atoms with Crippen molar-refractivity contribution in [2.45, 2.75) is 39.2 Å². The van der Waals surface area contributed by atoms with E-state index in [1.807, 2.05) is 44.4 Å². The summed E-state index contributed by atoms with van der Waals surface area (Å²) in [6.45, 7) is 6.92. The van der Waals surface area contributed by atoms with E-state index >= 15 is 0 Å². The summed E-state index contributed by atoms with van der Waals surface area (Å²) in [7, 11) is 0. The zero-order chi connectivity index (χ0) is 17.2. The van der Waals surface area contributed by atoms with Gasteiger partial charge in [0.1, 0.15) is 5.60 Å². The highest BCUT2D eigenvalue weighted by Crippen LogP contribution is 2.24. The summed E-state index contributed by atoms with van der Waals surface area (Å²) < 4.78 is 10.7. The Hall–Kier alpha value is -2.15. The van der Waals surface area contributed by atoms with Gasteiger partial charge in [-0.15, -0.1) is 11.3 Å². The van der Waals surface area contributed by atoms with E-state index in [0.717, 1.165) is 17.7 Å². The van der Waals surface area contributed by atoms with Crippen molar-refractivity contribution in [1.29, 1.82) is 0 Å². The lowest BCUT2D eigenvalue weighted by Gasteiger charge is -2.30. The third-order valence-electron chi connectivity index (χ3n) is 3.57. The van der Waals surface area contributed by atoms with E-state index in [-0.39, 0.29) is 6.09 Å². The molecular weight excluding hydrogens is 326 g/mol. The molecule has 0 bridgehead atoms. The molecule has 0 aliphatic carbocycles. The largest absolute Gasteiger partial charge is 0.444 e. The lowest BCUT2D eigenvalue weighted by molar-refractivity contribution is 0.0237. The number of thiophene rings is 1. The quantitative estimate of drug-likeness (QED) is 0.814. The number of aromatic nitrogens is 2. The minimum atomic E-state index is -0.463. The van der Waals surface area contributed by atoms with Gasteiger partial charge >= 0.3 is 6.09 Å². The predicted molar refractivity (Wildman–Crippen MR) is 92.6 cm³/mol. The van der Waals surface area contributed by atoms with Gasteiger partial charge in [0, 0.05) is 19.2 Å². The van der Waals surface area contributed by atoms with Crippen molar-refractivity contribution >= 4 is 23.5 Å². The zero-order valence-corrected chi connectivity index (χ0v) is 14.9. The molecule has 3 heterocycles. The summed E-state index contributed by atoms with van der Waals surface area (Å²) >= 11 is 1.58. The number of nitrogens with zero attached hydrogens (tertiary/aromatic N) is 3. The highest BCUT2D eigenvalue weighted by Gasteiger charge is 2.24. The third-order valence-corrected chi connectivity index (χ3v) is 4.43. The summed E-state index contributed by atoms with van der Waals surface area (Å²) in [5.41, 5.74) is 0.742. The summed E-state index contributed by atoms with van der Waals surface area (Å²) in [5, 5.41) is 5.99. The van der Waals surface area contributed by atoms with Crippen molar-refractivity contribution in [3.05, 3.63) is 29.0 Å². The van der Waals surface area contributed by atoms with Crippen LogP contribution in [0.3, 0.4) is 0 Å². The second kappa shape index (κ2) is 6.76. The first-order chi connectivity index (χ1) is 11.4. The summed E-state index contributed by atoms with van der Waals surface area (Å²) in [4.78, 5) is 19.2. The van der Waals surface area contributed by atoms with Gasteiger partial charge in [-0.1, -0.05) is 16.8 Å². The molecule has 2 aromatic heterocycles. The van der Waals surface area contributed by atoms with E-state index in [1.165, 1.54) is 5.57 Å². The van der Waals surface area contributed by atoms with Crippen molar-refractivity contribution < 1.29 is 14.1 Å². The number of carbonyl (C=O) groups is 1. The molecule has 24 heavy (non-hydrogen) atoms. The Bertz CT molecular complexity index is 719. The van der Waals surface area contributed by atoms with Crippen molar-refractivity contribution in [3.63, 3.8) is 0 Å². The monoisotopic (exact) mass is 347 g/mol. The maximum absolute atomic E-state index is 12.1. The van der Waals surface area contributed by atoms with Gasteiger partial charge in [0.2, 0.25) is 5.82 Å². The number of ether oxygens (including phenoxy) is 1. The fourth-order valence-electron chi connectivity index (χ4n) is 2.42. The van der Waals surface area contributed by atoms with Crippen LogP contribution in [0.2, 0.25) is 0 Å². The minimum absolute atomic E-state index is 0.251. The van der Waals surface area contributed by atoms with Crippen LogP contribution >= 0.6 is 11.3 Å². The first-order valence-corrected chi connectivity index (χ1v) is 8.84. The maximum Gasteiger partial charge on any atom is 0.410 e. The fraction of sp³-hybridized carbons (Fsp3) is 0.471. The van der Waals surface area contributed by atoms with Crippen LogP contribution in [-0.2, 0) is 4.74 Å². The van der Waals surface area contributed by atoms with Gasteiger partial charge in [0.05, 0.1) is 4.88 Å². The predicted octanol–water partition coefficient (Wildman–Crippen LogP) is 4.21. The van der Waals surface area contributed by atoms with E-state index in [0.29, 0.717) is 24.8 Å². The Labute approximate surface area is 145 Å². The molecule has 0 N–H and O–H groups in total. The van der Waals surface area contributed by atoms with E-state index in [2.05, 4.69) is 10.1 Å². The van der Waals surface area contributed by atoms with Crippen molar-refractivity contribution in [2.75, 3.05) is 13.1 Å². The molecule has 1 amide bonds. The highest BCUT2D eigenvalue weighted by atomic mass is 32.1. The van der Waals surface area contributed by atoms with E-state index in [4.69, 9.17) is 9.26 Å². The Kier molecular flexibility index (Phi) is 4.71. The molecule has 0 atom stereocenters. The lowest BCUT2D eigenvalue weighted by atomic mass is 10.0. The second-order valence-electron chi connectivity index (χ2n) is 6.70. The van der Waals surface area contributed by atoms with Crippen molar-refractivity contribution in [2.24, 2.45) is 0 Å². The minimum Gasteiger partial charge on any atom is -0.444 e. The van der Waals surface area contributed by atoms with Crippen molar-refractivity contribution in [1.82, 2.24) is 15.0 Å². The van der Waals surface area contributed by atoms with E-state index < -0.39 is 5.60 Å². The average Bonchev–Trinajstić information content (AvgIpc) is 3.16. The lowest BCUT2D eigenvalue weighted by Crippen LogP contribution is -2.40. The second-order valence-corrected chi connectivity index (χ2v) is 7.65. The number of piperidine rings is 1. The van der Waals surface area contributed by atoms with Gasteiger partial charge in [-0.25, -0.2) is 4.79 Å². The number of hydrogen-bond acceptors (Lipinski definition) is 6. The Morgan fingerprint density at radius 1 is 1.38 bits per heavy atom. The standard InChI is InChI=1S/C17H21N3O3S/c1-17(2,3)22-16(21)20-8-6-12(7-9-20)11-14-18-15(19-23-14)13-5-4-10-24-13/h4-5,10-11H,6-9H2,1-3H3. The number of carbonyl (C=O) groups excluding carboxylic acids is 1. The van der Waals surface area contributed by atoms with Gasteiger partial charge in [-0.05, 0) is 45.1 Å². The topological polar surface area (TPSA) is 68.5 Å². The molecule has 0 radical (unpaired) electrons. The molecule has 1 saturated heterocycles. The molecule has 1 aliphatic heterocycles. The zero-order valence-electron chi connectivity index (χ0n) is 14.1. The van der Waals surface area contributed by atoms with Crippen LogP contribution in [-0.4, -0.2) is 39.8 Å². The molecule has 2 aromatic rings. The van der Waals surface area contributed by atoms with Crippen molar-refractivity contribution in [3.8, 4) is 10.7 Å². The fourth-order valence-corrected chi connectivity index (χ4v) is 3.07. The molecule has 3 rings (SSSR count). The Morgan fingerprint density at radius 3 is 2.75 bits per heavy atom. The molecule has 0 aromatic carbocycles. The first kappa shape index (κ1) is 16.7. The van der Waals surface area contributed by atoms with E-state index in [9.17, 15) is 4.79 Å². The Balaban J connectivity index is 1.58.